The van der Waals surface area contributed by atoms with Crippen LogP contribution in [0.1, 0.15) is 42.1 Å². The number of carbonyl (C=O) groups excluding carboxylic acids is 1. The van der Waals surface area contributed by atoms with Gasteiger partial charge in [-0.05, 0) is 43.9 Å². The van der Waals surface area contributed by atoms with Crippen molar-refractivity contribution >= 4 is 5.97 Å². The van der Waals surface area contributed by atoms with Crippen LogP contribution in [0.5, 0.6) is 0 Å². The number of hydrogen-bond acceptors (Lipinski definition) is 3. The van der Waals surface area contributed by atoms with E-state index in [1.165, 1.54) is 18.2 Å². The van der Waals surface area contributed by atoms with Gasteiger partial charge in [0.15, 0.2) is 0 Å². The van der Waals surface area contributed by atoms with Gasteiger partial charge in [-0.2, -0.15) is 0 Å². The fourth-order valence-electron chi connectivity index (χ4n) is 1.98. The minimum atomic E-state index is -0.894. The molecule has 1 aromatic rings. The number of aliphatic hydroxyl groups is 1. The summed E-state index contributed by atoms with van der Waals surface area (Å²) in [4.78, 5) is 11.5. The molecule has 0 aliphatic heterocycles. The summed E-state index contributed by atoms with van der Waals surface area (Å²) in [5, 5.41) is 10.1. The van der Waals surface area contributed by atoms with Crippen molar-refractivity contribution in [2.24, 2.45) is 0 Å². The molecule has 92 valence electrons. The van der Waals surface area contributed by atoms with Crippen molar-refractivity contribution in [1.29, 1.82) is 0 Å². The van der Waals surface area contributed by atoms with Crippen LogP contribution in [0, 0.1) is 5.82 Å². The van der Waals surface area contributed by atoms with E-state index in [1.54, 1.807) is 6.92 Å². The maximum absolute atomic E-state index is 13.5. The summed E-state index contributed by atoms with van der Waals surface area (Å²) < 4.78 is 18.2. The van der Waals surface area contributed by atoms with Crippen LogP contribution in [0.25, 0.3) is 0 Å². The van der Waals surface area contributed by atoms with E-state index in [1.807, 2.05) is 0 Å². The minimum Gasteiger partial charge on any atom is -0.462 e. The number of benzene rings is 1. The lowest BCUT2D eigenvalue weighted by molar-refractivity contribution is -0.0388. The molecule has 0 radical (unpaired) electrons. The Morgan fingerprint density at radius 3 is 2.76 bits per heavy atom. The SMILES string of the molecule is CCOC(=O)c1cc(C2(O)CCC2)ccc1F. The topological polar surface area (TPSA) is 46.5 Å². The van der Waals surface area contributed by atoms with Crippen molar-refractivity contribution in [2.75, 3.05) is 6.61 Å². The van der Waals surface area contributed by atoms with E-state index in [4.69, 9.17) is 4.74 Å². The van der Waals surface area contributed by atoms with E-state index in [2.05, 4.69) is 0 Å². The molecule has 4 heteroatoms. The van der Waals surface area contributed by atoms with Gasteiger partial charge in [-0.3, -0.25) is 0 Å². The predicted molar refractivity (Wildman–Crippen MR) is 60.1 cm³/mol. The zero-order valence-electron chi connectivity index (χ0n) is 9.70. The Morgan fingerprint density at radius 1 is 1.53 bits per heavy atom. The predicted octanol–water partition coefficient (Wildman–Crippen LogP) is 2.37. The lowest BCUT2D eigenvalue weighted by Crippen LogP contribution is -2.33. The van der Waals surface area contributed by atoms with Crippen molar-refractivity contribution in [1.82, 2.24) is 0 Å². The lowest BCUT2D eigenvalue weighted by Gasteiger charge is -2.37. The van der Waals surface area contributed by atoms with Crippen molar-refractivity contribution in [3.8, 4) is 0 Å². The number of esters is 1. The first-order valence-electron chi connectivity index (χ1n) is 5.76. The highest BCUT2D eigenvalue weighted by Gasteiger charge is 2.36. The second-order valence-corrected chi connectivity index (χ2v) is 4.30. The van der Waals surface area contributed by atoms with Gasteiger partial charge in [-0.15, -0.1) is 0 Å². The van der Waals surface area contributed by atoms with E-state index in [0.29, 0.717) is 18.4 Å². The number of carbonyl (C=O) groups is 1. The molecule has 17 heavy (non-hydrogen) atoms. The van der Waals surface area contributed by atoms with Gasteiger partial charge in [0.25, 0.3) is 0 Å². The third-order valence-corrected chi connectivity index (χ3v) is 3.18. The standard InChI is InChI=1S/C13H15FO3/c1-2-17-12(15)10-8-9(4-5-11(10)14)13(16)6-3-7-13/h4-5,8,16H,2-3,6-7H2,1H3. The summed E-state index contributed by atoms with van der Waals surface area (Å²) in [5.41, 5.74) is -0.410. The first-order valence-corrected chi connectivity index (χ1v) is 5.76. The van der Waals surface area contributed by atoms with Crippen LogP contribution < -0.4 is 0 Å². The molecule has 0 bridgehead atoms. The minimum absolute atomic E-state index is 0.107. The van der Waals surface area contributed by atoms with Gasteiger partial charge in [0.2, 0.25) is 0 Å². The number of rotatable bonds is 3. The first kappa shape index (κ1) is 12.0. The fourth-order valence-corrected chi connectivity index (χ4v) is 1.98. The van der Waals surface area contributed by atoms with E-state index >= 15 is 0 Å². The molecule has 0 spiro atoms. The Morgan fingerprint density at radius 2 is 2.24 bits per heavy atom. The summed E-state index contributed by atoms with van der Waals surface area (Å²) in [6.45, 7) is 1.87. The molecule has 1 aliphatic rings. The highest BCUT2D eigenvalue weighted by Crippen LogP contribution is 2.41. The fraction of sp³-hybridized carbons (Fsp3) is 0.462. The molecule has 1 N–H and O–H groups in total. The molecule has 2 rings (SSSR count). The monoisotopic (exact) mass is 238 g/mol. The summed E-state index contributed by atoms with van der Waals surface area (Å²) in [6.07, 6.45) is 2.25. The smallest absolute Gasteiger partial charge is 0.341 e. The molecule has 3 nitrogen and oxygen atoms in total. The Hall–Kier alpha value is -1.42. The Bertz CT molecular complexity index is 438. The normalized spacial score (nSPS) is 17.4. The third kappa shape index (κ3) is 2.17. The molecule has 1 fully saturated rings. The van der Waals surface area contributed by atoms with Crippen LogP contribution >= 0.6 is 0 Å². The lowest BCUT2D eigenvalue weighted by atomic mass is 9.75. The largest absolute Gasteiger partial charge is 0.462 e. The van der Waals surface area contributed by atoms with Crippen LogP contribution in [0.4, 0.5) is 4.39 Å². The van der Waals surface area contributed by atoms with Crippen molar-refractivity contribution in [3.63, 3.8) is 0 Å². The molecule has 0 unspecified atom stereocenters. The molecule has 1 aliphatic carbocycles. The molecular weight excluding hydrogens is 223 g/mol. The van der Waals surface area contributed by atoms with E-state index in [-0.39, 0.29) is 12.2 Å². The van der Waals surface area contributed by atoms with E-state index in [0.717, 1.165) is 6.42 Å². The molecule has 0 saturated heterocycles. The highest BCUT2D eigenvalue weighted by atomic mass is 19.1. The van der Waals surface area contributed by atoms with Crippen LogP contribution in [0.2, 0.25) is 0 Å². The zero-order chi connectivity index (χ0) is 12.5. The molecule has 1 saturated carbocycles. The molecule has 0 amide bonds. The van der Waals surface area contributed by atoms with Crippen molar-refractivity contribution < 1.29 is 19.0 Å². The quantitative estimate of drug-likeness (QED) is 0.822. The second-order valence-electron chi connectivity index (χ2n) is 4.30. The van der Waals surface area contributed by atoms with Crippen molar-refractivity contribution in [2.45, 2.75) is 31.8 Å². The maximum Gasteiger partial charge on any atom is 0.341 e. The van der Waals surface area contributed by atoms with Gasteiger partial charge in [0.05, 0.1) is 17.8 Å². The molecule has 0 atom stereocenters. The van der Waals surface area contributed by atoms with Gasteiger partial charge in [-0.25, -0.2) is 9.18 Å². The number of ether oxygens (including phenoxy) is 1. The van der Waals surface area contributed by atoms with Crippen LogP contribution in [-0.2, 0) is 10.3 Å². The van der Waals surface area contributed by atoms with Crippen molar-refractivity contribution in [3.05, 3.63) is 35.1 Å². The third-order valence-electron chi connectivity index (χ3n) is 3.18. The average molecular weight is 238 g/mol. The molecule has 0 aromatic heterocycles. The Balaban J connectivity index is 2.32. The van der Waals surface area contributed by atoms with Gasteiger partial charge in [-0.1, -0.05) is 6.07 Å². The molecule has 0 heterocycles. The number of halogens is 1. The number of hydrogen-bond donors (Lipinski definition) is 1. The Labute approximate surface area is 99.2 Å². The maximum atomic E-state index is 13.5. The van der Waals surface area contributed by atoms with Gasteiger partial charge in [0, 0.05) is 0 Å². The van der Waals surface area contributed by atoms with Crippen LogP contribution in [-0.4, -0.2) is 17.7 Å². The van der Waals surface area contributed by atoms with Gasteiger partial charge >= 0.3 is 5.97 Å². The van der Waals surface area contributed by atoms with E-state index < -0.39 is 17.4 Å². The van der Waals surface area contributed by atoms with Gasteiger partial charge < -0.3 is 9.84 Å². The summed E-state index contributed by atoms with van der Waals surface area (Å²) in [7, 11) is 0. The summed E-state index contributed by atoms with van der Waals surface area (Å²) in [5.74, 6) is -1.30. The summed E-state index contributed by atoms with van der Waals surface area (Å²) >= 11 is 0. The van der Waals surface area contributed by atoms with Crippen LogP contribution in [0.3, 0.4) is 0 Å². The van der Waals surface area contributed by atoms with Crippen LogP contribution in [0.15, 0.2) is 18.2 Å². The summed E-state index contributed by atoms with van der Waals surface area (Å²) in [6, 6.07) is 4.13. The molecular formula is C13H15FO3. The van der Waals surface area contributed by atoms with E-state index in [9.17, 15) is 14.3 Å². The zero-order valence-corrected chi connectivity index (χ0v) is 9.70. The van der Waals surface area contributed by atoms with Gasteiger partial charge in [0.1, 0.15) is 5.82 Å². The highest BCUT2D eigenvalue weighted by molar-refractivity contribution is 5.90. The molecule has 1 aromatic carbocycles. The Kier molecular flexibility index (Phi) is 3.15. The first-order chi connectivity index (χ1) is 8.07. The second kappa shape index (κ2) is 4.45. The average Bonchev–Trinajstić information content (AvgIpc) is 2.27.